The molecule has 0 radical (unpaired) electrons. The third-order valence-corrected chi connectivity index (χ3v) is 4.85. The fraction of sp³-hybridized carbons (Fsp3) is 0.143. The van der Waals surface area contributed by atoms with Gasteiger partial charge in [0.15, 0.2) is 0 Å². The fourth-order valence-electron chi connectivity index (χ4n) is 3.05. The Balaban J connectivity index is 1.51. The van der Waals surface area contributed by atoms with Gasteiger partial charge in [0.1, 0.15) is 17.5 Å². The van der Waals surface area contributed by atoms with E-state index in [1.807, 2.05) is 18.2 Å². The van der Waals surface area contributed by atoms with Crippen LogP contribution in [-0.4, -0.2) is 28.3 Å². The molecule has 29 heavy (non-hydrogen) atoms. The van der Waals surface area contributed by atoms with E-state index < -0.39 is 5.97 Å². The van der Waals surface area contributed by atoms with Crippen molar-refractivity contribution >= 4 is 39.2 Å². The number of hydrogen-bond acceptors (Lipinski definition) is 6. The molecule has 0 spiro atoms. The number of nitrogens with zero attached hydrogens (tertiary/aromatic N) is 2. The van der Waals surface area contributed by atoms with E-state index in [-0.39, 0.29) is 23.7 Å². The van der Waals surface area contributed by atoms with Crippen LogP contribution in [0.1, 0.15) is 11.3 Å². The number of nitrogens with one attached hydrogen (secondary N) is 1. The first-order chi connectivity index (χ1) is 14.0. The number of carbonyl (C=O) groups is 1. The van der Waals surface area contributed by atoms with Crippen molar-refractivity contribution in [2.75, 3.05) is 7.11 Å². The normalized spacial score (nSPS) is 11.0. The Hall–Kier alpha value is -3.45. The quantitative estimate of drug-likeness (QED) is 0.401. The first-order valence-electron chi connectivity index (χ1n) is 8.80. The lowest BCUT2D eigenvalue weighted by Crippen LogP contribution is -2.15. The number of carbonyl (C=O) groups excluding carboxylic acids is 1. The summed E-state index contributed by atoms with van der Waals surface area (Å²) in [7, 11) is 1.58. The van der Waals surface area contributed by atoms with Crippen molar-refractivity contribution in [1.82, 2.24) is 15.2 Å². The Morgan fingerprint density at radius 2 is 1.93 bits per heavy atom. The number of aromatic amines is 1. The number of halogens is 1. The van der Waals surface area contributed by atoms with Crippen molar-refractivity contribution in [3.05, 3.63) is 75.3 Å². The summed E-state index contributed by atoms with van der Waals surface area (Å²) < 4.78 is 10.6. The van der Waals surface area contributed by atoms with Gasteiger partial charge in [0.2, 0.25) is 0 Å². The number of benzene rings is 2. The molecule has 4 rings (SSSR count). The highest BCUT2D eigenvalue weighted by atomic mass is 35.5. The molecule has 0 atom stereocenters. The maximum absolute atomic E-state index is 12.3. The van der Waals surface area contributed by atoms with Crippen LogP contribution in [0.5, 0.6) is 5.75 Å². The van der Waals surface area contributed by atoms with E-state index in [1.165, 1.54) is 0 Å². The Kier molecular flexibility index (Phi) is 5.14. The Labute approximate surface area is 170 Å². The fourth-order valence-corrected chi connectivity index (χ4v) is 3.25. The van der Waals surface area contributed by atoms with E-state index in [1.54, 1.807) is 37.4 Å². The minimum atomic E-state index is -0.486. The summed E-state index contributed by atoms with van der Waals surface area (Å²) in [5, 5.41) is 8.60. The minimum absolute atomic E-state index is 0.0199. The van der Waals surface area contributed by atoms with Gasteiger partial charge < -0.3 is 9.47 Å². The number of pyridine rings is 1. The van der Waals surface area contributed by atoms with Crippen molar-refractivity contribution < 1.29 is 14.3 Å². The number of ether oxygens (including phenoxy) is 2. The Bertz CT molecular complexity index is 1290. The number of H-pyrrole nitrogens is 1. The van der Waals surface area contributed by atoms with Gasteiger partial charge in [0.05, 0.1) is 30.1 Å². The average Bonchev–Trinajstić information content (AvgIpc) is 2.74. The molecule has 0 amide bonds. The van der Waals surface area contributed by atoms with E-state index in [2.05, 4.69) is 15.2 Å². The second-order valence-electron chi connectivity index (χ2n) is 6.38. The predicted molar refractivity (Wildman–Crippen MR) is 109 cm³/mol. The lowest BCUT2D eigenvalue weighted by atomic mass is 10.1. The first kappa shape index (κ1) is 18.9. The first-order valence-corrected chi connectivity index (χ1v) is 9.18. The zero-order valence-electron chi connectivity index (χ0n) is 15.4. The monoisotopic (exact) mass is 409 g/mol. The number of esters is 1. The summed E-state index contributed by atoms with van der Waals surface area (Å²) in [5.74, 6) is 0.196. The molecule has 0 unspecified atom stereocenters. The SMILES string of the molecule is COc1ccc2cc(COC(=O)Cc3n[nH]c(=O)c4ccccc34)c(Cl)nc2c1. The largest absolute Gasteiger partial charge is 0.497 e. The molecule has 0 saturated carbocycles. The van der Waals surface area contributed by atoms with Crippen molar-refractivity contribution in [2.24, 2.45) is 0 Å². The van der Waals surface area contributed by atoms with Gasteiger partial charge >= 0.3 is 5.97 Å². The van der Waals surface area contributed by atoms with Gasteiger partial charge in [-0.25, -0.2) is 10.1 Å². The van der Waals surface area contributed by atoms with Crippen LogP contribution in [0.3, 0.4) is 0 Å². The Morgan fingerprint density at radius 3 is 2.72 bits per heavy atom. The van der Waals surface area contributed by atoms with Crippen LogP contribution in [0.4, 0.5) is 0 Å². The van der Waals surface area contributed by atoms with Crippen LogP contribution >= 0.6 is 11.6 Å². The maximum atomic E-state index is 12.3. The van der Waals surface area contributed by atoms with E-state index in [9.17, 15) is 9.59 Å². The summed E-state index contributed by atoms with van der Waals surface area (Å²) in [6.07, 6.45) is -0.0763. The summed E-state index contributed by atoms with van der Waals surface area (Å²) >= 11 is 6.24. The average molecular weight is 410 g/mol. The molecule has 4 aromatic rings. The van der Waals surface area contributed by atoms with Crippen molar-refractivity contribution in [3.63, 3.8) is 0 Å². The molecule has 1 N–H and O–H groups in total. The molecular formula is C21H16ClN3O4. The van der Waals surface area contributed by atoms with Gasteiger partial charge in [0, 0.05) is 22.4 Å². The number of fused-ring (bicyclic) bond motifs is 2. The van der Waals surface area contributed by atoms with Gasteiger partial charge in [-0.15, -0.1) is 0 Å². The van der Waals surface area contributed by atoms with E-state index in [0.717, 1.165) is 5.39 Å². The molecule has 0 fully saturated rings. The molecule has 0 aliphatic carbocycles. The molecule has 2 aromatic heterocycles. The second-order valence-corrected chi connectivity index (χ2v) is 6.74. The molecule has 8 heteroatoms. The van der Waals surface area contributed by atoms with Crippen molar-refractivity contribution in [2.45, 2.75) is 13.0 Å². The second kappa shape index (κ2) is 7.89. The van der Waals surface area contributed by atoms with Crippen LogP contribution < -0.4 is 10.3 Å². The number of rotatable bonds is 5. The molecule has 146 valence electrons. The zero-order chi connectivity index (χ0) is 20.4. The van der Waals surface area contributed by atoms with E-state index in [4.69, 9.17) is 21.1 Å². The van der Waals surface area contributed by atoms with Crippen LogP contribution in [0, 0.1) is 0 Å². The van der Waals surface area contributed by atoms with Gasteiger partial charge in [-0.2, -0.15) is 5.10 Å². The van der Waals surface area contributed by atoms with Crippen LogP contribution in [0.15, 0.2) is 53.3 Å². The van der Waals surface area contributed by atoms with Crippen LogP contribution in [-0.2, 0) is 22.6 Å². The van der Waals surface area contributed by atoms with Gasteiger partial charge in [-0.3, -0.25) is 9.59 Å². The molecule has 0 aliphatic heterocycles. The highest BCUT2D eigenvalue weighted by molar-refractivity contribution is 6.30. The topological polar surface area (TPSA) is 94.2 Å². The van der Waals surface area contributed by atoms with Crippen molar-refractivity contribution in [1.29, 1.82) is 0 Å². The zero-order valence-corrected chi connectivity index (χ0v) is 16.2. The summed E-state index contributed by atoms with van der Waals surface area (Å²) in [5.41, 5.74) is 1.42. The van der Waals surface area contributed by atoms with Crippen molar-refractivity contribution in [3.8, 4) is 5.75 Å². The molecule has 0 bridgehead atoms. The van der Waals surface area contributed by atoms with Gasteiger partial charge in [0.25, 0.3) is 5.56 Å². The molecule has 7 nitrogen and oxygen atoms in total. The molecule has 2 heterocycles. The minimum Gasteiger partial charge on any atom is -0.497 e. The van der Waals surface area contributed by atoms with Crippen LogP contribution in [0.2, 0.25) is 5.15 Å². The molecule has 2 aromatic carbocycles. The number of methoxy groups -OCH3 is 1. The van der Waals surface area contributed by atoms with Crippen LogP contribution in [0.25, 0.3) is 21.7 Å². The molecular weight excluding hydrogens is 394 g/mol. The van der Waals surface area contributed by atoms with Gasteiger partial charge in [-0.05, 0) is 24.3 Å². The van der Waals surface area contributed by atoms with E-state index in [0.29, 0.717) is 33.3 Å². The summed E-state index contributed by atoms with van der Waals surface area (Å²) in [6.45, 7) is -0.0199. The Morgan fingerprint density at radius 1 is 1.14 bits per heavy atom. The maximum Gasteiger partial charge on any atom is 0.312 e. The molecule has 0 aliphatic rings. The lowest BCUT2D eigenvalue weighted by molar-refractivity contribution is -0.144. The summed E-state index contributed by atoms with van der Waals surface area (Å²) in [4.78, 5) is 28.5. The van der Waals surface area contributed by atoms with E-state index >= 15 is 0 Å². The summed E-state index contributed by atoms with van der Waals surface area (Å²) in [6, 6.07) is 14.3. The highest BCUT2D eigenvalue weighted by Gasteiger charge is 2.13. The predicted octanol–water partition coefficient (Wildman–Crippen LogP) is 3.42. The van der Waals surface area contributed by atoms with Gasteiger partial charge in [-0.1, -0.05) is 29.8 Å². The molecule has 0 saturated heterocycles. The number of aromatic nitrogens is 3. The number of hydrogen-bond donors (Lipinski definition) is 1. The third-order valence-electron chi connectivity index (χ3n) is 4.53. The smallest absolute Gasteiger partial charge is 0.312 e. The lowest BCUT2D eigenvalue weighted by Gasteiger charge is -2.09. The third kappa shape index (κ3) is 3.90. The highest BCUT2D eigenvalue weighted by Crippen LogP contribution is 2.25. The standard InChI is InChI=1S/C21H16ClN3O4/c1-28-14-7-6-12-8-13(20(22)23-17(12)9-14)11-29-19(26)10-18-15-4-2-3-5-16(15)21(27)25-24-18/h2-9H,10-11H2,1H3,(H,25,27).